The fourth-order valence-corrected chi connectivity index (χ4v) is 2.42. The van der Waals surface area contributed by atoms with E-state index in [1.165, 1.54) is 18.2 Å². The average Bonchev–Trinajstić information content (AvgIpc) is 2.46. The van der Waals surface area contributed by atoms with E-state index >= 15 is 0 Å². The zero-order chi connectivity index (χ0) is 13.7. The third kappa shape index (κ3) is 3.44. The first kappa shape index (κ1) is 13.8. The van der Waals surface area contributed by atoms with Crippen molar-refractivity contribution in [2.45, 2.75) is 32.3 Å². The van der Waals surface area contributed by atoms with Gasteiger partial charge < -0.3 is 9.47 Å². The number of hydrogen-bond acceptors (Lipinski definition) is 3. The van der Waals surface area contributed by atoms with Crippen molar-refractivity contribution in [3.63, 3.8) is 0 Å². The first-order chi connectivity index (χ1) is 9.22. The topological polar surface area (TPSA) is 35.5 Å². The minimum atomic E-state index is -0.298. The summed E-state index contributed by atoms with van der Waals surface area (Å²) in [5.74, 6) is -0.298. The summed E-state index contributed by atoms with van der Waals surface area (Å²) in [7, 11) is 1.39. The lowest BCUT2D eigenvalue weighted by Gasteiger charge is -2.25. The molecule has 0 aromatic heterocycles. The maximum Gasteiger partial charge on any atom is 0.333 e. The normalized spacial score (nSPS) is 18.8. The van der Waals surface area contributed by atoms with Crippen molar-refractivity contribution in [3.05, 3.63) is 47.0 Å². The Morgan fingerprint density at radius 1 is 1.42 bits per heavy atom. The van der Waals surface area contributed by atoms with Crippen LogP contribution in [-0.4, -0.2) is 19.7 Å². The number of methoxy groups -OCH3 is 1. The third-order valence-electron chi connectivity index (χ3n) is 3.51. The zero-order valence-corrected chi connectivity index (χ0v) is 11.5. The smallest absolute Gasteiger partial charge is 0.333 e. The molecule has 102 valence electrons. The molecule has 1 aliphatic rings. The number of fused-ring (bicyclic) bond motifs is 1. The first-order valence-corrected chi connectivity index (χ1v) is 6.67. The maximum absolute atomic E-state index is 11.2. The SMILES string of the molecule is COC(=O)C(C)=CCOC1CCCc2ccccc21. The van der Waals surface area contributed by atoms with Crippen molar-refractivity contribution in [3.8, 4) is 0 Å². The second kappa shape index (κ2) is 6.53. The first-order valence-electron chi connectivity index (χ1n) is 6.67. The number of benzene rings is 1. The molecule has 0 saturated heterocycles. The number of hydrogen-bond donors (Lipinski definition) is 0. The Kier molecular flexibility index (Phi) is 4.74. The highest BCUT2D eigenvalue weighted by Crippen LogP contribution is 2.32. The van der Waals surface area contributed by atoms with E-state index in [0.29, 0.717) is 12.2 Å². The lowest BCUT2D eigenvalue weighted by Crippen LogP contribution is -2.13. The highest BCUT2D eigenvalue weighted by atomic mass is 16.5. The van der Waals surface area contributed by atoms with Gasteiger partial charge in [0.1, 0.15) is 0 Å². The van der Waals surface area contributed by atoms with Gasteiger partial charge in [-0.15, -0.1) is 0 Å². The van der Waals surface area contributed by atoms with E-state index in [9.17, 15) is 4.79 Å². The molecule has 0 radical (unpaired) electrons. The van der Waals surface area contributed by atoms with Crippen LogP contribution < -0.4 is 0 Å². The lowest BCUT2D eigenvalue weighted by molar-refractivity contribution is -0.136. The summed E-state index contributed by atoms with van der Waals surface area (Å²) in [6, 6.07) is 8.43. The Labute approximate surface area is 114 Å². The minimum absolute atomic E-state index is 0.145. The fourth-order valence-electron chi connectivity index (χ4n) is 2.42. The van der Waals surface area contributed by atoms with Gasteiger partial charge in [0.05, 0.1) is 19.8 Å². The van der Waals surface area contributed by atoms with Gasteiger partial charge in [-0.2, -0.15) is 0 Å². The predicted molar refractivity (Wildman–Crippen MR) is 73.8 cm³/mol. The molecule has 1 atom stereocenters. The Morgan fingerprint density at radius 3 is 3.00 bits per heavy atom. The molecule has 0 N–H and O–H groups in total. The van der Waals surface area contributed by atoms with Crippen molar-refractivity contribution in [1.82, 2.24) is 0 Å². The van der Waals surface area contributed by atoms with Gasteiger partial charge in [0.2, 0.25) is 0 Å². The Balaban J connectivity index is 1.96. The molecule has 0 bridgehead atoms. The molecular formula is C16H20O3. The van der Waals surface area contributed by atoms with Crippen LogP contribution in [0.2, 0.25) is 0 Å². The summed E-state index contributed by atoms with van der Waals surface area (Å²) in [5.41, 5.74) is 3.26. The summed E-state index contributed by atoms with van der Waals surface area (Å²) < 4.78 is 10.5. The molecule has 1 aliphatic carbocycles. The molecule has 19 heavy (non-hydrogen) atoms. The molecule has 2 rings (SSSR count). The average molecular weight is 260 g/mol. The summed E-state index contributed by atoms with van der Waals surface area (Å²) in [5, 5.41) is 0. The molecular weight excluding hydrogens is 240 g/mol. The van der Waals surface area contributed by atoms with Crippen LogP contribution in [0.15, 0.2) is 35.9 Å². The van der Waals surface area contributed by atoms with Crippen LogP contribution in [0.25, 0.3) is 0 Å². The van der Waals surface area contributed by atoms with E-state index in [0.717, 1.165) is 19.3 Å². The van der Waals surface area contributed by atoms with Crippen molar-refractivity contribution in [2.24, 2.45) is 0 Å². The zero-order valence-electron chi connectivity index (χ0n) is 11.5. The number of carbonyl (C=O) groups is 1. The Hall–Kier alpha value is -1.61. The molecule has 0 heterocycles. The molecule has 0 aliphatic heterocycles. The molecule has 0 fully saturated rings. The van der Waals surface area contributed by atoms with Gasteiger partial charge in [-0.25, -0.2) is 4.79 Å². The summed E-state index contributed by atoms with van der Waals surface area (Å²) in [6.45, 7) is 2.18. The van der Waals surface area contributed by atoms with E-state index in [1.54, 1.807) is 13.0 Å². The molecule has 3 nitrogen and oxygen atoms in total. The monoisotopic (exact) mass is 260 g/mol. The number of carbonyl (C=O) groups excluding carboxylic acids is 1. The van der Waals surface area contributed by atoms with Gasteiger partial charge in [-0.1, -0.05) is 24.3 Å². The predicted octanol–water partition coefficient (Wildman–Crippen LogP) is 3.20. The summed E-state index contributed by atoms with van der Waals surface area (Å²) >= 11 is 0. The lowest BCUT2D eigenvalue weighted by atomic mass is 9.89. The van der Waals surface area contributed by atoms with E-state index in [1.807, 2.05) is 0 Å². The van der Waals surface area contributed by atoms with Gasteiger partial charge in [-0.05, 0) is 43.4 Å². The van der Waals surface area contributed by atoms with Gasteiger partial charge in [-0.3, -0.25) is 0 Å². The third-order valence-corrected chi connectivity index (χ3v) is 3.51. The van der Waals surface area contributed by atoms with Crippen molar-refractivity contribution in [2.75, 3.05) is 13.7 Å². The highest BCUT2D eigenvalue weighted by Gasteiger charge is 2.19. The van der Waals surface area contributed by atoms with Crippen LogP contribution in [0.4, 0.5) is 0 Å². The Bertz CT molecular complexity index is 477. The van der Waals surface area contributed by atoms with Crippen LogP contribution in [0.1, 0.15) is 37.0 Å². The van der Waals surface area contributed by atoms with Crippen LogP contribution >= 0.6 is 0 Å². The van der Waals surface area contributed by atoms with Crippen molar-refractivity contribution < 1.29 is 14.3 Å². The molecule has 3 heteroatoms. The standard InChI is InChI=1S/C16H20O3/c1-12(16(17)18-2)10-11-19-15-9-5-7-13-6-3-4-8-14(13)15/h3-4,6,8,10,15H,5,7,9,11H2,1-2H3. The minimum Gasteiger partial charge on any atom is -0.466 e. The second-order valence-electron chi connectivity index (χ2n) is 4.79. The summed E-state index contributed by atoms with van der Waals surface area (Å²) in [4.78, 5) is 11.2. The molecule has 1 aromatic rings. The van der Waals surface area contributed by atoms with Gasteiger partial charge >= 0.3 is 5.97 Å². The fraction of sp³-hybridized carbons (Fsp3) is 0.438. The van der Waals surface area contributed by atoms with Crippen LogP contribution in [0.3, 0.4) is 0 Å². The highest BCUT2D eigenvalue weighted by molar-refractivity contribution is 5.87. The number of ether oxygens (including phenoxy) is 2. The van der Waals surface area contributed by atoms with Gasteiger partial charge in [0.25, 0.3) is 0 Å². The Morgan fingerprint density at radius 2 is 2.21 bits per heavy atom. The second-order valence-corrected chi connectivity index (χ2v) is 4.79. The number of esters is 1. The van der Waals surface area contributed by atoms with Crippen LogP contribution in [0, 0.1) is 0 Å². The van der Waals surface area contributed by atoms with Crippen molar-refractivity contribution >= 4 is 5.97 Å². The van der Waals surface area contributed by atoms with E-state index in [-0.39, 0.29) is 12.1 Å². The van der Waals surface area contributed by atoms with E-state index < -0.39 is 0 Å². The van der Waals surface area contributed by atoms with Gasteiger partial charge in [0.15, 0.2) is 0 Å². The maximum atomic E-state index is 11.2. The largest absolute Gasteiger partial charge is 0.466 e. The molecule has 1 unspecified atom stereocenters. The van der Waals surface area contributed by atoms with E-state index in [2.05, 4.69) is 29.0 Å². The quantitative estimate of drug-likeness (QED) is 0.616. The van der Waals surface area contributed by atoms with Gasteiger partial charge in [0, 0.05) is 5.57 Å². The number of aryl methyl sites for hydroxylation is 1. The van der Waals surface area contributed by atoms with E-state index in [4.69, 9.17) is 4.74 Å². The van der Waals surface area contributed by atoms with Crippen LogP contribution in [-0.2, 0) is 20.7 Å². The number of rotatable bonds is 4. The van der Waals surface area contributed by atoms with Crippen LogP contribution in [0.5, 0.6) is 0 Å². The molecule has 0 saturated carbocycles. The summed E-state index contributed by atoms with van der Waals surface area (Å²) in [6.07, 6.45) is 5.26. The molecule has 1 aromatic carbocycles. The van der Waals surface area contributed by atoms with Crippen molar-refractivity contribution in [1.29, 1.82) is 0 Å². The molecule has 0 amide bonds. The molecule has 0 spiro atoms.